The van der Waals surface area contributed by atoms with Crippen LogP contribution in [0.5, 0.6) is 11.5 Å². The second kappa shape index (κ2) is 12.2. The topological polar surface area (TPSA) is 97.1 Å². The average Bonchev–Trinajstić information content (AvgIpc) is 3.37. The summed E-state index contributed by atoms with van der Waals surface area (Å²) in [5.41, 5.74) is 3.92. The summed E-state index contributed by atoms with van der Waals surface area (Å²) in [6.07, 6.45) is 0.266. The van der Waals surface area contributed by atoms with Crippen LogP contribution in [-0.2, 0) is 4.79 Å². The van der Waals surface area contributed by atoms with Crippen LogP contribution >= 0.6 is 23.1 Å². The van der Waals surface area contributed by atoms with E-state index in [2.05, 4.69) is 21.4 Å². The Bertz CT molecular complexity index is 1360. The average molecular weight is 517 g/mol. The lowest BCUT2D eigenvalue weighted by Crippen LogP contribution is -2.12. The van der Waals surface area contributed by atoms with Gasteiger partial charge in [0.1, 0.15) is 22.6 Å². The molecule has 0 saturated heterocycles. The fourth-order valence-corrected chi connectivity index (χ4v) is 4.98. The predicted octanol–water partition coefficient (Wildman–Crippen LogP) is 6.27. The van der Waals surface area contributed by atoms with Crippen LogP contribution in [0.4, 0.5) is 5.13 Å². The van der Waals surface area contributed by atoms with Crippen molar-refractivity contribution >= 4 is 34.1 Å². The highest BCUT2D eigenvalue weighted by molar-refractivity contribution is 7.99. The first-order valence-electron chi connectivity index (χ1n) is 11.3. The van der Waals surface area contributed by atoms with E-state index >= 15 is 0 Å². The number of hydrogen-bond acceptors (Lipinski definition) is 8. The van der Waals surface area contributed by atoms with E-state index in [1.165, 1.54) is 23.1 Å². The maximum Gasteiger partial charge on any atom is 0.226 e. The summed E-state index contributed by atoms with van der Waals surface area (Å²) in [6.45, 7) is 2.56. The van der Waals surface area contributed by atoms with E-state index < -0.39 is 0 Å². The largest absolute Gasteiger partial charge is 0.497 e. The molecule has 0 radical (unpaired) electrons. The Labute approximate surface area is 218 Å². The molecule has 4 rings (SSSR count). The van der Waals surface area contributed by atoms with Crippen LogP contribution in [0.15, 0.2) is 71.1 Å². The van der Waals surface area contributed by atoms with Crippen molar-refractivity contribution in [1.82, 2.24) is 9.97 Å². The van der Waals surface area contributed by atoms with Gasteiger partial charge in [0.15, 0.2) is 5.13 Å². The molecule has 0 aliphatic rings. The normalized spacial score (nSPS) is 10.5. The molecule has 0 aliphatic carbocycles. The molecule has 0 saturated carbocycles. The van der Waals surface area contributed by atoms with Crippen LogP contribution in [0.2, 0.25) is 0 Å². The highest BCUT2D eigenvalue weighted by Gasteiger charge is 2.12. The molecule has 0 bridgehead atoms. The Morgan fingerprint density at radius 2 is 1.69 bits per heavy atom. The van der Waals surface area contributed by atoms with Gasteiger partial charge in [0.05, 0.1) is 30.7 Å². The molecule has 1 N–H and O–H groups in total. The van der Waals surface area contributed by atoms with Crippen LogP contribution in [0.1, 0.15) is 18.9 Å². The number of rotatable bonds is 10. The summed E-state index contributed by atoms with van der Waals surface area (Å²) < 4.78 is 10.7. The van der Waals surface area contributed by atoms with Crippen molar-refractivity contribution in [2.45, 2.75) is 18.4 Å². The van der Waals surface area contributed by atoms with Crippen molar-refractivity contribution in [2.75, 3.05) is 24.8 Å². The van der Waals surface area contributed by atoms with Gasteiger partial charge in [0.25, 0.3) is 0 Å². The number of nitrogens with one attached hydrogen (secondary N) is 1. The van der Waals surface area contributed by atoms with E-state index in [0.29, 0.717) is 28.1 Å². The lowest BCUT2D eigenvalue weighted by Gasteiger charge is -2.08. The lowest BCUT2D eigenvalue weighted by atomic mass is 10.1. The Balaban J connectivity index is 1.34. The third kappa shape index (κ3) is 6.42. The Kier molecular flexibility index (Phi) is 8.55. The fraction of sp³-hybridized carbons (Fsp3) is 0.185. The van der Waals surface area contributed by atoms with Crippen molar-refractivity contribution in [3.63, 3.8) is 0 Å². The molecule has 4 aromatic rings. The molecule has 1 amide bonds. The Morgan fingerprint density at radius 3 is 2.36 bits per heavy atom. The third-order valence-corrected chi connectivity index (χ3v) is 6.90. The summed E-state index contributed by atoms with van der Waals surface area (Å²) in [7, 11) is 1.62. The van der Waals surface area contributed by atoms with Crippen LogP contribution in [0.25, 0.3) is 22.5 Å². The van der Waals surface area contributed by atoms with Gasteiger partial charge >= 0.3 is 0 Å². The monoisotopic (exact) mass is 516 g/mol. The van der Waals surface area contributed by atoms with Gasteiger partial charge in [-0.2, -0.15) is 5.26 Å². The summed E-state index contributed by atoms with van der Waals surface area (Å²) >= 11 is 2.77. The number of amides is 1. The quantitative estimate of drug-likeness (QED) is 0.248. The number of methoxy groups -OCH3 is 1. The molecule has 36 heavy (non-hydrogen) atoms. The number of thiazole rings is 1. The first-order chi connectivity index (χ1) is 17.6. The number of pyridine rings is 1. The number of carbonyl (C=O) groups excluding carboxylic acids is 1. The first kappa shape index (κ1) is 25.2. The van der Waals surface area contributed by atoms with Crippen molar-refractivity contribution in [3.8, 4) is 40.1 Å². The van der Waals surface area contributed by atoms with Gasteiger partial charge in [-0.3, -0.25) is 4.79 Å². The van der Waals surface area contributed by atoms with Gasteiger partial charge in [-0.05, 0) is 67.6 Å². The Hall–Kier alpha value is -3.87. The van der Waals surface area contributed by atoms with E-state index in [-0.39, 0.29) is 12.3 Å². The summed E-state index contributed by atoms with van der Waals surface area (Å²) in [5.74, 6) is 1.92. The molecule has 0 unspecified atom stereocenters. The van der Waals surface area contributed by atoms with Crippen LogP contribution < -0.4 is 14.8 Å². The molecular weight excluding hydrogens is 492 g/mol. The standard InChI is InChI=1S/C27H24N4O3S2/c1-3-34-22-11-6-19(7-12-22)24-17-36-27(30-24)31-25(32)14-15-35-26-20(16-28)8-13-23(29-26)18-4-9-21(33-2)10-5-18/h4-13,17H,3,14-15H2,1-2H3,(H,30,31,32). The number of thioether (sulfide) groups is 1. The van der Waals surface area contributed by atoms with E-state index in [0.717, 1.165) is 34.0 Å². The zero-order valence-electron chi connectivity index (χ0n) is 19.9. The second-order valence-corrected chi connectivity index (χ2v) is 9.47. The number of nitriles is 1. The molecule has 0 aliphatic heterocycles. The fourth-order valence-electron chi connectivity index (χ4n) is 3.33. The summed E-state index contributed by atoms with van der Waals surface area (Å²) in [4.78, 5) is 21.7. The summed E-state index contributed by atoms with van der Waals surface area (Å²) in [6, 6.07) is 21.0. The zero-order valence-corrected chi connectivity index (χ0v) is 21.5. The number of anilines is 1. The molecule has 0 spiro atoms. The SMILES string of the molecule is CCOc1ccc(-c2csc(NC(=O)CCSc3nc(-c4ccc(OC)cc4)ccc3C#N)n2)cc1. The number of carbonyl (C=O) groups is 1. The number of aromatic nitrogens is 2. The molecule has 9 heteroatoms. The van der Waals surface area contributed by atoms with Gasteiger partial charge in [-0.1, -0.05) is 0 Å². The Morgan fingerprint density at radius 1 is 1.00 bits per heavy atom. The van der Waals surface area contributed by atoms with Crippen LogP contribution in [0, 0.1) is 11.3 Å². The van der Waals surface area contributed by atoms with Gasteiger partial charge in [-0.15, -0.1) is 23.1 Å². The minimum atomic E-state index is -0.139. The van der Waals surface area contributed by atoms with Gasteiger partial charge < -0.3 is 14.8 Å². The van der Waals surface area contributed by atoms with Gasteiger partial charge in [-0.25, -0.2) is 9.97 Å². The predicted molar refractivity (Wildman–Crippen MR) is 144 cm³/mol. The van der Waals surface area contributed by atoms with Crippen molar-refractivity contribution in [1.29, 1.82) is 5.26 Å². The zero-order chi connectivity index (χ0) is 25.3. The number of ether oxygens (including phenoxy) is 2. The van der Waals surface area contributed by atoms with E-state index in [4.69, 9.17) is 9.47 Å². The second-order valence-electron chi connectivity index (χ2n) is 7.53. The minimum Gasteiger partial charge on any atom is -0.497 e. The molecule has 2 aromatic heterocycles. The highest BCUT2D eigenvalue weighted by Crippen LogP contribution is 2.28. The number of nitrogens with zero attached hydrogens (tertiary/aromatic N) is 3. The van der Waals surface area contributed by atoms with Crippen LogP contribution in [0.3, 0.4) is 0 Å². The number of hydrogen-bond donors (Lipinski definition) is 1. The molecule has 0 atom stereocenters. The lowest BCUT2D eigenvalue weighted by molar-refractivity contribution is -0.115. The third-order valence-electron chi connectivity index (χ3n) is 5.15. The van der Waals surface area contributed by atoms with Crippen LogP contribution in [-0.4, -0.2) is 35.3 Å². The van der Waals surface area contributed by atoms with Gasteiger partial charge in [0, 0.05) is 28.7 Å². The van der Waals surface area contributed by atoms with E-state index in [9.17, 15) is 10.1 Å². The highest BCUT2D eigenvalue weighted by atomic mass is 32.2. The number of benzene rings is 2. The van der Waals surface area contributed by atoms with Crippen molar-refractivity contribution < 1.29 is 14.3 Å². The maximum absolute atomic E-state index is 12.5. The summed E-state index contributed by atoms with van der Waals surface area (Å²) in [5, 5.41) is 15.4. The molecular formula is C27H24N4O3S2. The minimum absolute atomic E-state index is 0.139. The molecule has 2 aromatic carbocycles. The molecule has 2 heterocycles. The maximum atomic E-state index is 12.5. The van der Waals surface area contributed by atoms with E-state index in [1.807, 2.05) is 66.9 Å². The molecule has 182 valence electrons. The first-order valence-corrected chi connectivity index (χ1v) is 13.1. The van der Waals surface area contributed by atoms with Crippen molar-refractivity contribution in [3.05, 3.63) is 71.6 Å². The smallest absolute Gasteiger partial charge is 0.226 e. The molecule has 7 nitrogen and oxygen atoms in total. The molecule has 0 fully saturated rings. The van der Waals surface area contributed by atoms with Gasteiger partial charge in [0.2, 0.25) is 5.91 Å². The van der Waals surface area contributed by atoms with Crippen molar-refractivity contribution in [2.24, 2.45) is 0 Å². The van der Waals surface area contributed by atoms with E-state index in [1.54, 1.807) is 13.2 Å².